The quantitative estimate of drug-likeness (QED) is 0.355. The molecule has 0 fully saturated rings. The average Bonchev–Trinajstić information content (AvgIpc) is 3.12. The molecule has 4 nitrogen and oxygen atoms in total. The van der Waals surface area contributed by atoms with Gasteiger partial charge in [0.25, 0.3) is 0 Å². The Labute approximate surface area is 179 Å². The third-order valence-corrected chi connectivity index (χ3v) is 5.26. The molecule has 1 N–H and O–H groups in total. The van der Waals surface area contributed by atoms with Crippen LogP contribution >= 0.6 is 11.6 Å². The summed E-state index contributed by atoms with van der Waals surface area (Å²) in [7, 11) is 0. The van der Waals surface area contributed by atoms with Crippen molar-refractivity contribution >= 4 is 28.8 Å². The molecule has 0 spiro atoms. The fourth-order valence-corrected chi connectivity index (χ4v) is 3.72. The van der Waals surface area contributed by atoms with Gasteiger partial charge in [-0.2, -0.15) is 9.61 Å². The minimum atomic E-state index is 0.706. The van der Waals surface area contributed by atoms with Gasteiger partial charge in [-0.3, -0.25) is 0 Å². The van der Waals surface area contributed by atoms with Crippen molar-refractivity contribution in [3.8, 4) is 22.4 Å². The molecule has 30 heavy (non-hydrogen) atoms. The van der Waals surface area contributed by atoms with Crippen LogP contribution in [0.2, 0.25) is 5.02 Å². The van der Waals surface area contributed by atoms with Crippen LogP contribution in [0.3, 0.4) is 0 Å². The van der Waals surface area contributed by atoms with E-state index < -0.39 is 0 Å². The van der Waals surface area contributed by atoms with E-state index in [1.165, 1.54) is 0 Å². The molecular formula is C25H19ClN4. The SMILES string of the molecule is Cc1nn2c(Nc3ccccc3)cc(-c3ccccc3)nc2c1-c1ccc(Cl)cc1. The lowest BCUT2D eigenvalue weighted by Crippen LogP contribution is -2.02. The summed E-state index contributed by atoms with van der Waals surface area (Å²) in [6.45, 7) is 2.01. The second-order valence-corrected chi connectivity index (χ2v) is 7.52. The Kier molecular flexibility index (Phi) is 4.69. The third-order valence-electron chi connectivity index (χ3n) is 5.01. The highest BCUT2D eigenvalue weighted by molar-refractivity contribution is 6.30. The van der Waals surface area contributed by atoms with Crippen molar-refractivity contribution in [2.24, 2.45) is 0 Å². The van der Waals surface area contributed by atoms with Crippen LogP contribution in [0.1, 0.15) is 5.69 Å². The summed E-state index contributed by atoms with van der Waals surface area (Å²) in [5.74, 6) is 0.855. The van der Waals surface area contributed by atoms with E-state index in [-0.39, 0.29) is 0 Å². The monoisotopic (exact) mass is 410 g/mol. The second-order valence-electron chi connectivity index (χ2n) is 7.09. The summed E-state index contributed by atoms with van der Waals surface area (Å²) in [5.41, 5.74) is 6.68. The number of nitrogens with one attached hydrogen (secondary N) is 1. The smallest absolute Gasteiger partial charge is 0.166 e. The van der Waals surface area contributed by atoms with Gasteiger partial charge in [-0.25, -0.2) is 4.98 Å². The highest BCUT2D eigenvalue weighted by Crippen LogP contribution is 2.32. The van der Waals surface area contributed by atoms with Crippen LogP contribution in [0.15, 0.2) is 91.0 Å². The number of aromatic nitrogens is 3. The number of halogens is 1. The molecule has 0 bridgehead atoms. The van der Waals surface area contributed by atoms with Crippen LogP contribution in [0, 0.1) is 6.92 Å². The van der Waals surface area contributed by atoms with Gasteiger partial charge in [-0.15, -0.1) is 0 Å². The Hall–Kier alpha value is -3.63. The molecule has 0 aliphatic rings. The van der Waals surface area contributed by atoms with Crippen LogP contribution in [0.25, 0.3) is 28.0 Å². The summed E-state index contributed by atoms with van der Waals surface area (Å²) < 4.78 is 1.87. The Morgan fingerprint density at radius 1 is 0.800 bits per heavy atom. The van der Waals surface area contributed by atoms with Crippen molar-refractivity contribution in [3.05, 3.63) is 102 Å². The van der Waals surface area contributed by atoms with Gasteiger partial charge >= 0.3 is 0 Å². The molecule has 0 radical (unpaired) electrons. The minimum Gasteiger partial charge on any atom is -0.340 e. The maximum Gasteiger partial charge on any atom is 0.166 e. The summed E-state index contributed by atoms with van der Waals surface area (Å²) in [6.07, 6.45) is 0. The summed E-state index contributed by atoms with van der Waals surface area (Å²) in [4.78, 5) is 4.99. The van der Waals surface area contributed by atoms with E-state index in [9.17, 15) is 0 Å². The zero-order valence-corrected chi connectivity index (χ0v) is 17.1. The predicted molar refractivity (Wildman–Crippen MR) is 123 cm³/mol. The fourth-order valence-electron chi connectivity index (χ4n) is 3.59. The van der Waals surface area contributed by atoms with Crippen LogP contribution < -0.4 is 5.32 Å². The number of hydrogen-bond donors (Lipinski definition) is 1. The first-order valence-corrected chi connectivity index (χ1v) is 10.1. The van der Waals surface area contributed by atoms with Crippen molar-refractivity contribution in [2.75, 3.05) is 5.32 Å². The molecule has 0 unspecified atom stereocenters. The van der Waals surface area contributed by atoms with Crippen LogP contribution in [0.4, 0.5) is 11.5 Å². The second kappa shape index (κ2) is 7.65. The summed E-state index contributed by atoms with van der Waals surface area (Å²) >= 11 is 6.11. The number of aryl methyl sites for hydroxylation is 1. The first-order valence-electron chi connectivity index (χ1n) is 9.73. The van der Waals surface area contributed by atoms with E-state index >= 15 is 0 Å². The Morgan fingerprint density at radius 2 is 1.47 bits per heavy atom. The number of nitrogens with zero attached hydrogens (tertiary/aromatic N) is 3. The first-order chi connectivity index (χ1) is 14.7. The average molecular weight is 411 g/mol. The van der Waals surface area contributed by atoms with E-state index in [1.54, 1.807) is 0 Å². The van der Waals surface area contributed by atoms with Crippen LogP contribution in [0.5, 0.6) is 0 Å². The molecule has 2 aromatic heterocycles. The number of benzene rings is 3. The normalized spacial score (nSPS) is 11.0. The Bertz CT molecular complexity index is 1310. The zero-order valence-electron chi connectivity index (χ0n) is 16.4. The van der Waals surface area contributed by atoms with Crippen LogP contribution in [-0.4, -0.2) is 14.6 Å². The molecule has 0 aliphatic carbocycles. The topological polar surface area (TPSA) is 42.2 Å². The molecule has 146 valence electrons. The lowest BCUT2D eigenvalue weighted by Gasteiger charge is -2.11. The number of rotatable bonds is 4. The standard InChI is InChI=1S/C25H19ClN4/c1-17-24(19-12-14-20(26)15-13-19)25-28-22(18-8-4-2-5-9-18)16-23(30(25)29-17)27-21-10-6-3-7-11-21/h2-16,27H,1H3. The highest BCUT2D eigenvalue weighted by atomic mass is 35.5. The lowest BCUT2D eigenvalue weighted by atomic mass is 10.1. The van der Waals surface area contributed by atoms with Gasteiger partial charge < -0.3 is 5.32 Å². The molecule has 3 aromatic carbocycles. The largest absolute Gasteiger partial charge is 0.340 e. The van der Waals surface area contributed by atoms with E-state index in [4.69, 9.17) is 21.7 Å². The summed E-state index contributed by atoms with van der Waals surface area (Å²) in [6, 6.07) is 30.1. The third kappa shape index (κ3) is 3.42. The molecule has 0 atom stereocenters. The predicted octanol–water partition coefficient (Wildman–Crippen LogP) is 6.77. The van der Waals surface area contributed by atoms with Gasteiger partial charge in [0.15, 0.2) is 5.65 Å². The fraction of sp³-hybridized carbons (Fsp3) is 0.0400. The molecular weight excluding hydrogens is 392 g/mol. The number of anilines is 2. The van der Waals surface area contributed by atoms with Crippen molar-refractivity contribution in [1.29, 1.82) is 0 Å². The summed E-state index contributed by atoms with van der Waals surface area (Å²) in [5, 5.41) is 9.00. The maximum atomic E-state index is 6.11. The first kappa shape index (κ1) is 18.4. The van der Waals surface area contributed by atoms with Gasteiger partial charge in [0.05, 0.1) is 11.4 Å². The molecule has 0 amide bonds. The number of fused-ring (bicyclic) bond motifs is 1. The van der Waals surface area contributed by atoms with Crippen molar-refractivity contribution < 1.29 is 0 Å². The van der Waals surface area contributed by atoms with E-state index in [0.29, 0.717) is 5.02 Å². The van der Waals surface area contributed by atoms with Crippen molar-refractivity contribution in [1.82, 2.24) is 14.6 Å². The van der Waals surface area contributed by atoms with E-state index in [0.717, 1.165) is 45.2 Å². The Morgan fingerprint density at radius 3 is 2.17 bits per heavy atom. The molecule has 5 aromatic rings. The van der Waals surface area contributed by atoms with E-state index in [2.05, 4.69) is 17.4 Å². The van der Waals surface area contributed by atoms with Crippen molar-refractivity contribution in [3.63, 3.8) is 0 Å². The lowest BCUT2D eigenvalue weighted by molar-refractivity contribution is 0.926. The van der Waals surface area contributed by atoms with E-state index in [1.807, 2.05) is 90.3 Å². The molecule has 5 rings (SSSR count). The highest BCUT2D eigenvalue weighted by Gasteiger charge is 2.17. The minimum absolute atomic E-state index is 0.706. The van der Waals surface area contributed by atoms with Gasteiger partial charge in [0.2, 0.25) is 0 Å². The van der Waals surface area contributed by atoms with Gasteiger partial charge in [-0.05, 0) is 36.8 Å². The molecule has 0 saturated heterocycles. The molecule has 5 heteroatoms. The molecule has 2 heterocycles. The van der Waals surface area contributed by atoms with Gasteiger partial charge in [0, 0.05) is 27.9 Å². The Balaban J connectivity index is 1.75. The van der Waals surface area contributed by atoms with Crippen LogP contribution in [-0.2, 0) is 0 Å². The zero-order chi connectivity index (χ0) is 20.5. The molecule has 0 aliphatic heterocycles. The van der Waals surface area contributed by atoms with Gasteiger partial charge in [-0.1, -0.05) is 72.3 Å². The van der Waals surface area contributed by atoms with Crippen molar-refractivity contribution in [2.45, 2.75) is 6.92 Å². The van der Waals surface area contributed by atoms with Gasteiger partial charge in [0.1, 0.15) is 5.82 Å². The maximum absolute atomic E-state index is 6.11. The number of para-hydroxylation sites is 1. The number of hydrogen-bond acceptors (Lipinski definition) is 3. The molecule has 0 saturated carbocycles.